The number of ether oxygens (including phenoxy) is 2. The number of nitrogens with one attached hydrogen (secondary N) is 1. The van der Waals surface area contributed by atoms with Crippen LogP contribution in [-0.2, 0) is 14.8 Å². The maximum atomic E-state index is 11.4. The van der Waals surface area contributed by atoms with Crippen LogP contribution in [0, 0.1) is 0 Å². The van der Waals surface area contributed by atoms with Crippen molar-refractivity contribution in [3.05, 3.63) is 12.1 Å². The molecule has 0 radical (unpaired) electrons. The molecule has 0 fully saturated rings. The van der Waals surface area contributed by atoms with Gasteiger partial charge in [0.05, 0.1) is 19.9 Å². The maximum Gasteiger partial charge on any atom is 0.241 e. The molecule has 0 spiro atoms. The number of primary sulfonamides is 1. The van der Waals surface area contributed by atoms with Crippen molar-refractivity contribution < 1.29 is 22.7 Å². The Morgan fingerprint density at radius 2 is 1.78 bits per heavy atom. The summed E-state index contributed by atoms with van der Waals surface area (Å²) in [6.07, 6.45) is 0. The zero-order chi connectivity index (χ0) is 13.9. The fourth-order valence-corrected chi connectivity index (χ4v) is 2.07. The molecule has 0 saturated carbocycles. The van der Waals surface area contributed by atoms with Crippen molar-refractivity contribution in [1.29, 1.82) is 0 Å². The minimum Gasteiger partial charge on any atom is -0.495 e. The van der Waals surface area contributed by atoms with E-state index in [2.05, 4.69) is 5.32 Å². The number of sulfonamides is 1. The highest BCUT2D eigenvalue weighted by molar-refractivity contribution is 7.89. The predicted molar refractivity (Wildman–Crippen MR) is 65.2 cm³/mol. The van der Waals surface area contributed by atoms with Crippen LogP contribution in [0.4, 0.5) is 5.69 Å². The van der Waals surface area contributed by atoms with Gasteiger partial charge in [-0.05, 0) is 0 Å². The molecule has 1 rings (SSSR count). The van der Waals surface area contributed by atoms with Crippen LogP contribution < -0.4 is 19.9 Å². The third-order valence-corrected chi connectivity index (χ3v) is 3.04. The van der Waals surface area contributed by atoms with Crippen LogP contribution in [0.1, 0.15) is 6.92 Å². The average molecular weight is 274 g/mol. The lowest BCUT2D eigenvalue weighted by atomic mass is 10.2. The summed E-state index contributed by atoms with van der Waals surface area (Å²) in [7, 11) is -1.29. The Hall–Kier alpha value is -1.80. The Bertz CT molecular complexity index is 568. The molecule has 0 aliphatic rings. The molecule has 18 heavy (non-hydrogen) atoms. The van der Waals surface area contributed by atoms with Crippen LogP contribution in [0.5, 0.6) is 11.5 Å². The average Bonchev–Trinajstić information content (AvgIpc) is 2.26. The minimum atomic E-state index is -3.94. The van der Waals surface area contributed by atoms with Crippen LogP contribution in [-0.4, -0.2) is 28.5 Å². The largest absolute Gasteiger partial charge is 0.495 e. The van der Waals surface area contributed by atoms with Gasteiger partial charge in [0.25, 0.3) is 0 Å². The van der Waals surface area contributed by atoms with Crippen LogP contribution in [0.3, 0.4) is 0 Å². The van der Waals surface area contributed by atoms with E-state index in [0.29, 0.717) is 5.69 Å². The van der Waals surface area contributed by atoms with Gasteiger partial charge in [-0.15, -0.1) is 0 Å². The quantitative estimate of drug-likeness (QED) is 0.821. The molecule has 0 saturated heterocycles. The highest BCUT2D eigenvalue weighted by Crippen LogP contribution is 2.34. The fraction of sp³-hybridized carbons (Fsp3) is 0.300. The molecule has 7 nitrogen and oxygen atoms in total. The first-order valence-corrected chi connectivity index (χ1v) is 6.40. The molecule has 3 N–H and O–H groups in total. The molecule has 0 unspecified atom stereocenters. The van der Waals surface area contributed by atoms with E-state index in [1.807, 2.05) is 0 Å². The summed E-state index contributed by atoms with van der Waals surface area (Å²) >= 11 is 0. The van der Waals surface area contributed by atoms with E-state index < -0.39 is 10.0 Å². The Kier molecular flexibility index (Phi) is 4.15. The number of hydrogen-bond acceptors (Lipinski definition) is 5. The van der Waals surface area contributed by atoms with Crippen molar-refractivity contribution in [3.8, 4) is 11.5 Å². The Morgan fingerprint density at radius 1 is 1.22 bits per heavy atom. The second-order valence-corrected chi connectivity index (χ2v) is 4.96. The van der Waals surface area contributed by atoms with E-state index in [1.165, 1.54) is 33.3 Å². The molecule has 100 valence electrons. The third kappa shape index (κ3) is 3.11. The van der Waals surface area contributed by atoms with Crippen molar-refractivity contribution in [1.82, 2.24) is 0 Å². The summed E-state index contributed by atoms with van der Waals surface area (Å²) in [4.78, 5) is 10.8. The Balaban J connectivity index is 3.46. The molecule has 0 aliphatic heterocycles. The fourth-order valence-electron chi connectivity index (χ4n) is 1.38. The third-order valence-electron chi connectivity index (χ3n) is 2.10. The number of methoxy groups -OCH3 is 2. The van der Waals surface area contributed by atoms with Gasteiger partial charge in [0.15, 0.2) is 0 Å². The highest BCUT2D eigenvalue weighted by Gasteiger charge is 2.19. The van der Waals surface area contributed by atoms with Gasteiger partial charge in [0.2, 0.25) is 15.9 Å². The number of rotatable bonds is 4. The van der Waals surface area contributed by atoms with Crippen molar-refractivity contribution in [3.63, 3.8) is 0 Å². The normalized spacial score (nSPS) is 10.9. The maximum absolute atomic E-state index is 11.4. The van der Waals surface area contributed by atoms with E-state index in [4.69, 9.17) is 14.6 Å². The van der Waals surface area contributed by atoms with Crippen molar-refractivity contribution in [2.24, 2.45) is 5.14 Å². The lowest BCUT2D eigenvalue weighted by molar-refractivity contribution is -0.114. The van der Waals surface area contributed by atoms with Crippen LogP contribution in [0.25, 0.3) is 0 Å². The van der Waals surface area contributed by atoms with Gasteiger partial charge in [0.1, 0.15) is 16.4 Å². The molecule has 0 heterocycles. The van der Waals surface area contributed by atoms with E-state index in [9.17, 15) is 13.2 Å². The predicted octanol–water partition coefficient (Wildman–Crippen LogP) is 0.310. The summed E-state index contributed by atoms with van der Waals surface area (Å²) in [5.74, 6) is -0.115. The van der Waals surface area contributed by atoms with E-state index in [1.54, 1.807) is 0 Å². The zero-order valence-electron chi connectivity index (χ0n) is 10.2. The molecular formula is C10H14N2O5S. The van der Waals surface area contributed by atoms with Gasteiger partial charge in [-0.2, -0.15) is 0 Å². The summed E-state index contributed by atoms with van der Waals surface area (Å²) in [5, 5.41) is 7.56. The van der Waals surface area contributed by atoms with Gasteiger partial charge in [-0.1, -0.05) is 0 Å². The smallest absolute Gasteiger partial charge is 0.241 e. The SMILES string of the molecule is COc1cc(S(N)(=O)=O)c(OC)cc1NC(C)=O. The molecule has 8 heteroatoms. The monoisotopic (exact) mass is 274 g/mol. The summed E-state index contributed by atoms with van der Waals surface area (Å²) in [5.41, 5.74) is 0.300. The van der Waals surface area contributed by atoms with Gasteiger partial charge < -0.3 is 14.8 Å². The van der Waals surface area contributed by atoms with E-state index >= 15 is 0 Å². The minimum absolute atomic E-state index is 0.0297. The van der Waals surface area contributed by atoms with Crippen molar-refractivity contribution >= 4 is 21.6 Å². The molecule has 1 aromatic rings. The van der Waals surface area contributed by atoms with Crippen molar-refractivity contribution in [2.45, 2.75) is 11.8 Å². The molecule has 1 aromatic carbocycles. The van der Waals surface area contributed by atoms with E-state index in [-0.39, 0.29) is 22.3 Å². The second kappa shape index (κ2) is 5.23. The van der Waals surface area contributed by atoms with Crippen molar-refractivity contribution in [2.75, 3.05) is 19.5 Å². The first kappa shape index (κ1) is 14.3. The van der Waals surface area contributed by atoms with Gasteiger partial charge >= 0.3 is 0 Å². The first-order chi connectivity index (χ1) is 8.29. The molecule has 1 amide bonds. The summed E-state index contributed by atoms with van der Waals surface area (Å²) < 4.78 is 32.7. The molecule has 0 atom stereocenters. The van der Waals surface area contributed by atoms with E-state index in [0.717, 1.165) is 0 Å². The zero-order valence-corrected chi connectivity index (χ0v) is 11.0. The van der Waals surface area contributed by atoms with Crippen LogP contribution in [0.2, 0.25) is 0 Å². The number of carbonyl (C=O) groups is 1. The lowest BCUT2D eigenvalue weighted by Crippen LogP contribution is -2.15. The molecular weight excluding hydrogens is 260 g/mol. The molecule has 0 aliphatic carbocycles. The number of carbonyl (C=O) groups excluding carboxylic acids is 1. The second-order valence-electron chi connectivity index (χ2n) is 3.43. The highest BCUT2D eigenvalue weighted by atomic mass is 32.2. The van der Waals surface area contributed by atoms with Gasteiger partial charge in [-0.3, -0.25) is 4.79 Å². The number of benzene rings is 1. The number of amides is 1. The number of anilines is 1. The lowest BCUT2D eigenvalue weighted by Gasteiger charge is -2.13. The summed E-state index contributed by atoms with van der Waals surface area (Å²) in [6.45, 7) is 1.32. The number of hydrogen-bond donors (Lipinski definition) is 2. The topological polar surface area (TPSA) is 108 Å². The molecule has 0 aromatic heterocycles. The Morgan fingerprint density at radius 3 is 2.17 bits per heavy atom. The first-order valence-electron chi connectivity index (χ1n) is 4.86. The molecule has 0 bridgehead atoms. The summed E-state index contributed by atoms with van der Waals surface area (Å²) in [6, 6.07) is 2.53. The standard InChI is InChI=1S/C10H14N2O5S/c1-6(13)12-7-4-9(17-3)10(18(11,14)15)5-8(7)16-2/h4-5H,1-3H3,(H,12,13)(H2,11,14,15). The Labute approximate surface area is 105 Å². The van der Waals surface area contributed by atoms with Crippen LogP contribution >= 0.6 is 0 Å². The number of nitrogens with two attached hydrogens (primary N) is 1. The van der Waals surface area contributed by atoms with Crippen LogP contribution in [0.15, 0.2) is 17.0 Å². The van der Waals surface area contributed by atoms with Gasteiger partial charge in [0, 0.05) is 19.1 Å². The van der Waals surface area contributed by atoms with Gasteiger partial charge in [-0.25, -0.2) is 13.6 Å².